The van der Waals surface area contributed by atoms with Gasteiger partial charge in [0, 0.05) is 11.6 Å². The van der Waals surface area contributed by atoms with Crippen LogP contribution in [0.3, 0.4) is 0 Å². The van der Waals surface area contributed by atoms with Crippen molar-refractivity contribution in [3.05, 3.63) is 77.4 Å². The molecule has 2 aromatic carbocycles. The number of rotatable bonds is 7. The maximum Gasteiger partial charge on any atom is 0.333 e. The Morgan fingerprint density at radius 3 is 2.47 bits per heavy atom. The van der Waals surface area contributed by atoms with Crippen molar-refractivity contribution < 1.29 is 24.3 Å². The number of amides is 2. The molecular weight excluding hydrogens is 384 g/mol. The summed E-state index contributed by atoms with van der Waals surface area (Å²) in [6, 6.07) is 14.6. The molecule has 0 saturated heterocycles. The van der Waals surface area contributed by atoms with Gasteiger partial charge < -0.3 is 10.1 Å². The summed E-state index contributed by atoms with van der Waals surface area (Å²) in [6.07, 6.45) is 6.26. The highest BCUT2D eigenvalue weighted by Gasteiger charge is 2.28. The molecule has 0 radical (unpaired) electrons. The molecule has 0 aliphatic heterocycles. The van der Waals surface area contributed by atoms with E-state index in [1.54, 1.807) is 48.5 Å². The average Bonchev–Trinajstić information content (AvgIpc) is 3.29. The van der Waals surface area contributed by atoms with Gasteiger partial charge in [-0.05, 0) is 55.0 Å². The van der Waals surface area contributed by atoms with Gasteiger partial charge in [0.25, 0.3) is 11.8 Å². The summed E-state index contributed by atoms with van der Waals surface area (Å²) < 4.78 is 5.63. The van der Waals surface area contributed by atoms with Gasteiger partial charge in [0.15, 0.2) is 6.04 Å². The molecule has 2 amide bonds. The molecular formula is C23H24N2O5. The molecule has 1 aliphatic carbocycles. The molecule has 0 aromatic heterocycles. The maximum absolute atomic E-state index is 12.9. The summed E-state index contributed by atoms with van der Waals surface area (Å²) in [5, 5.41) is 11.3. The van der Waals surface area contributed by atoms with Crippen molar-refractivity contribution in [1.29, 1.82) is 0 Å². The van der Waals surface area contributed by atoms with Gasteiger partial charge in [0.1, 0.15) is 6.10 Å². The van der Waals surface area contributed by atoms with Gasteiger partial charge in [-0.25, -0.2) is 10.3 Å². The molecule has 7 nitrogen and oxygen atoms in total. The SMILES string of the molecule is O=C(/C=C/c1cccc(C(=O)N[C@H](C(=O)OC2CCCC2)c2ccccc2)c1)NO. The van der Waals surface area contributed by atoms with Crippen LogP contribution in [-0.2, 0) is 14.3 Å². The zero-order valence-electron chi connectivity index (χ0n) is 16.4. The Labute approximate surface area is 174 Å². The smallest absolute Gasteiger partial charge is 0.333 e. The number of carbonyl (C=O) groups is 3. The number of hydroxylamine groups is 1. The van der Waals surface area contributed by atoms with Gasteiger partial charge in [0.05, 0.1) is 0 Å². The summed E-state index contributed by atoms with van der Waals surface area (Å²) in [5.41, 5.74) is 3.07. The van der Waals surface area contributed by atoms with Crippen LogP contribution >= 0.6 is 0 Å². The largest absolute Gasteiger partial charge is 0.461 e. The van der Waals surface area contributed by atoms with E-state index in [0.29, 0.717) is 16.7 Å². The Bertz CT molecular complexity index is 920. The van der Waals surface area contributed by atoms with Crippen LogP contribution in [0.4, 0.5) is 0 Å². The molecule has 7 heteroatoms. The van der Waals surface area contributed by atoms with E-state index in [1.807, 2.05) is 6.07 Å². The highest BCUT2D eigenvalue weighted by atomic mass is 16.5. The second kappa shape index (κ2) is 10.4. The maximum atomic E-state index is 12.9. The molecule has 1 atom stereocenters. The molecule has 0 bridgehead atoms. The highest BCUT2D eigenvalue weighted by molar-refractivity contribution is 5.98. The number of hydrogen-bond donors (Lipinski definition) is 3. The van der Waals surface area contributed by atoms with Crippen molar-refractivity contribution in [2.45, 2.75) is 37.8 Å². The van der Waals surface area contributed by atoms with Crippen LogP contribution in [0.1, 0.15) is 53.2 Å². The van der Waals surface area contributed by atoms with Crippen LogP contribution in [-0.4, -0.2) is 29.1 Å². The first-order valence-corrected chi connectivity index (χ1v) is 9.85. The predicted octanol–water partition coefficient (Wildman–Crippen LogP) is 3.16. The topological polar surface area (TPSA) is 105 Å². The lowest BCUT2D eigenvalue weighted by Crippen LogP contribution is -2.36. The third-order valence-electron chi connectivity index (χ3n) is 4.92. The highest BCUT2D eigenvalue weighted by Crippen LogP contribution is 2.24. The number of hydrogen-bond acceptors (Lipinski definition) is 5. The summed E-state index contributed by atoms with van der Waals surface area (Å²) in [5.74, 6) is -1.59. The summed E-state index contributed by atoms with van der Waals surface area (Å²) in [6.45, 7) is 0. The minimum Gasteiger partial charge on any atom is -0.461 e. The first-order chi connectivity index (χ1) is 14.6. The Morgan fingerprint density at radius 2 is 1.77 bits per heavy atom. The summed E-state index contributed by atoms with van der Waals surface area (Å²) >= 11 is 0. The molecule has 2 aromatic rings. The molecule has 156 valence electrons. The third-order valence-corrected chi connectivity index (χ3v) is 4.92. The van der Waals surface area contributed by atoms with Gasteiger partial charge in [-0.3, -0.25) is 14.8 Å². The number of esters is 1. The first kappa shape index (κ1) is 21.3. The Balaban J connectivity index is 1.76. The molecule has 1 fully saturated rings. The fraction of sp³-hybridized carbons (Fsp3) is 0.261. The van der Waals surface area contributed by atoms with Crippen molar-refractivity contribution in [1.82, 2.24) is 10.8 Å². The van der Waals surface area contributed by atoms with Gasteiger partial charge in [-0.1, -0.05) is 42.5 Å². The van der Waals surface area contributed by atoms with E-state index in [4.69, 9.17) is 9.94 Å². The molecule has 3 N–H and O–H groups in total. The van der Waals surface area contributed by atoms with E-state index in [2.05, 4.69) is 5.32 Å². The molecule has 0 heterocycles. The Hall–Kier alpha value is -3.45. The molecule has 0 spiro atoms. The lowest BCUT2D eigenvalue weighted by Gasteiger charge is -2.20. The first-order valence-electron chi connectivity index (χ1n) is 9.85. The van der Waals surface area contributed by atoms with Crippen LogP contribution in [0.5, 0.6) is 0 Å². The lowest BCUT2D eigenvalue weighted by atomic mass is 10.1. The van der Waals surface area contributed by atoms with E-state index in [9.17, 15) is 14.4 Å². The zero-order chi connectivity index (χ0) is 21.3. The van der Waals surface area contributed by atoms with Crippen LogP contribution < -0.4 is 10.8 Å². The molecule has 1 aliphatic rings. The normalized spacial score (nSPS) is 15.0. The van der Waals surface area contributed by atoms with Gasteiger partial charge in [-0.2, -0.15) is 0 Å². The van der Waals surface area contributed by atoms with Crippen molar-refractivity contribution in [3.63, 3.8) is 0 Å². The molecule has 3 rings (SSSR count). The summed E-state index contributed by atoms with van der Waals surface area (Å²) in [4.78, 5) is 36.8. The fourth-order valence-electron chi connectivity index (χ4n) is 3.37. The van der Waals surface area contributed by atoms with Crippen molar-refractivity contribution in [2.24, 2.45) is 0 Å². The van der Waals surface area contributed by atoms with Crippen LogP contribution in [0.2, 0.25) is 0 Å². The van der Waals surface area contributed by atoms with E-state index in [0.717, 1.165) is 31.8 Å². The number of benzene rings is 2. The van der Waals surface area contributed by atoms with E-state index >= 15 is 0 Å². The average molecular weight is 408 g/mol. The molecule has 30 heavy (non-hydrogen) atoms. The second-order valence-corrected chi connectivity index (χ2v) is 7.10. The summed E-state index contributed by atoms with van der Waals surface area (Å²) in [7, 11) is 0. The fourth-order valence-corrected chi connectivity index (χ4v) is 3.37. The zero-order valence-corrected chi connectivity index (χ0v) is 16.4. The van der Waals surface area contributed by atoms with Gasteiger partial charge >= 0.3 is 5.97 Å². The molecule has 1 saturated carbocycles. The monoisotopic (exact) mass is 408 g/mol. The number of nitrogens with one attached hydrogen (secondary N) is 2. The molecule has 0 unspecified atom stereocenters. The van der Waals surface area contributed by atoms with Crippen LogP contribution in [0.25, 0.3) is 6.08 Å². The van der Waals surface area contributed by atoms with Gasteiger partial charge in [0.2, 0.25) is 0 Å². The quantitative estimate of drug-likeness (QED) is 0.283. The van der Waals surface area contributed by atoms with Crippen molar-refractivity contribution in [3.8, 4) is 0 Å². The van der Waals surface area contributed by atoms with E-state index in [1.165, 1.54) is 11.6 Å². The Morgan fingerprint density at radius 1 is 1.03 bits per heavy atom. The Kier molecular flexibility index (Phi) is 7.34. The second-order valence-electron chi connectivity index (χ2n) is 7.10. The van der Waals surface area contributed by atoms with E-state index < -0.39 is 23.8 Å². The van der Waals surface area contributed by atoms with Crippen molar-refractivity contribution >= 4 is 23.9 Å². The predicted molar refractivity (Wildman–Crippen MR) is 110 cm³/mol. The standard InChI is InChI=1S/C23H24N2O5/c26-20(25-29)14-13-16-7-6-10-18(15-16)22(27)24-21(17-8-2-1-3-9-17)23(28)30-19-11-4-5-12-19/h1-3,6-10,13-15,19,21,29H,4-5,11-12H2,(H,24,27)(H,25,26)/b14-13+/t21-/m0/s1. The number of carbonyl (C=O) groups excluding carboxylic acids is 3. The third kappa shape index (κ3) is 5.78. The minimum atomic E-state index is -0.918. The van der Waals surface area contributed by atoms with E-state index in [-0.39, 0.29) is 6.10 Å². The van der Waals surface area contributed by atoms with Gasteiger partial charge in [-0.15, -0.1) is 0 Å². The lowest BCUT2D eigenvalue weighted by molar-refractivity contribution is -0.151. The van der Waals surface area contributed by atoms with Crippen molar-refractivity contribution in [2.75, 3.05) is 0 Å². The van der Waals surface area contributed by atoms with Crippen LogP contribution in [0.15, 0.2) is 60.7 Å². The van der Waals surface area contributed by atoms with Crippen LogP contribution in [0, 0.1) is 0 Å². The minimum absolute atomic E-state index is 0.105. The number of ether oxygens (including phenoxy) is 1.